The highest BCUT2D eigenvalue weighted by atomic mass is 32.2. The van der Waals surface area contributed by atoms with Gasteiger partial charge in [0, 0.05) is 45.8 Å². The van der Waals surface area contributed by atoms with E-state index in [1.807, 2.05) is 38.1 Å². The minimum absolute atomic E-state index is 0.207. The number of hydrogen-bond donors (Lipinski definition) is 3. The van der Waals surface area contributed by atoms with E-state index in [2.05, 4.69) is 14.5 Å². The van der Waals surface area contributed by atoms with E-state index in [-0.39, 0.29) is 17.1 Å². The van der Waals surface area contributed by atoms with Crippen molar-refractivity contribution in [1.29, 1.82) is 0 Å². The van der Waals surface area contributed by atoms with Crippen LogP contribution in [0.4, 0.5) is 0 Å². The standard InChI is InChI=1S/C27H39N3O5S/c1-20-24(6-3-8-26(20)35-17-5-13-29-14-10-22(31)18-29)25-7-4-9-27(21(25)2)36(33,34)28-12-16-30-15-11-23(32)19-30/h3-4,6-9,22-23,28,31-32H,5,10-19H2,1-2H3/t22-,23-/m1/s1. The molecule has 2 aliphatic rings. The van der Waals surface area contributed by atoms with Crippen molar-refractivity contribution in [2.75, 3.05) is 52.4 Å². The van der Waals surface area contributed by atoms with Crippen molar-refractivity contribution >= 4 is 10.0 Å². The normalized spacial score (nSPS) is 21.3. The Morgan fingerprint density at radius 2 is 1.53 bits per heavy atom. The van der Waals surface area contributed by atoms with Crippen LogP contribution in [-0.4, -0.2) is 93.1 Å². The number of aliphatic hydroxyl groups is 2. The summed E-state index contributed by atoms with van der Waals surface area (Å²) in [6, 6.07) is 11.3. The third-order valence-electron chi connectivity index (χ3n) is 7.24. The monoisotopic (exact) mass is 517 g/mol. The van der Waals surface area contributed by atoms with E-state index in [1.54, 1.807) is 12.1 Å². The molecule has 36 heavy (non-hydrogen) atoms. The van der Waals surface area contributed by atoms with Gasteiger partial charge in [-0.05, 0) is 67.5 Å². The van der Waals surface area contributed by atoms with Crippen LogP contribution in [0.1, 0.15) is 30.4 Å². The Hall–Kier alpha value is -2.01. The summed E-state index contributed by atoms with van der Waals surface area (Å²) in [6.45, 7) is 9.27. The molecular weight excluding hydrogens is 478 g/mol. The zero-order chi connectivity index (χ0) is 25.7. The van der Waals surface area contributed by atoms with Crippen molar-refractivity contribution in [3.63, 3.8) is 0 Å². The van der Waals surface area contributed by atoms with Gasteiger partial charge >= 0.3 is 0 Å². The van der Waals surface area contributed by atoms with E-state index in [1.165, 1.54) is 0 Å². The first kappa shape index (κ1) is 27.0. The number of benzene rings is 2. The fraction of sp³-hybridized carbons (Fsp3) is 0.556. The van der Waals surface area contributed by atoms with E-state index in [9.17, 15) is 18.6 Å². The highest BCUT2D eigenvalue weighted by Crippen LogP contribution is 2.34. The molecule has 0 aliphatic carbocycles. The molecule has 3 N–H and O–H groups in total. The van der Waals surface area contributed by atoms with Crippen LogP contribution in [0, 0.1) is 13.8 Å². The largest absolute Gasteiger partial charge is 0.493 e. The Bertz CT molecular complexity index is 1140. The molecular formula is C27H39N3O5S. The number of β-amino-alcohol motifs (C(OH)–C–C–N with tert-alkyl or cyclic N) is 2. The molecule has 198 valence electrons. The zero-order valence-electron chi connectivity index (χ0n) is 21.3. The summed E-state index contributed by atoms with van der Waals surface area (Å²) in [7, 11) is -3.67. The molecule has 0 amide bonds. The molecule has 2 aromatic carbocycles. The predicted octanol–water partition coefficient (Wildman–Crippen LogP) is 2.15. The molecule has 0 unspecified atom stereocenters. The van der Waals surface area contributed by atoms with E-state index >= 15 is 0 Å². The molecule has 2 atom stereocenters. The topological polar surface area (TPSA) is 102 Å². The summed E-state index contributed by atoms with van der Waals surface area (Å²) in [5.74, 6) is 0.799. The Balaban J connectivity index is 1.41. The Kier molecular flexibility index (Phi) is 9.03. The molecule has 0 aromatic heterocycles. The van der Waals surface area contributed by atoms with Gasteiger partial charge in [0.1, 0.15) is 5.75 Å². The third-order valence-corrected chi connectivity index (χ3v) is 8.84. The second-order valence-corrected chi connectivity index (χ2v) is 11.7. The molecule has 2 aromatic rings. The van der Waals surface area contributed by atoms with Crippen LogP contribution in [0.15, 0.2) is 41.3 Å². The van der Waals surface area contributed by atoms with Crippen LogP contribution >= 0.6 is 0 Å². The van der Waals surface area contributed by atoms with Gasteiger partial charge in [-0.2, -0.15) is 0 Å². The average molecular weight is 518 g/mol. The van der Waals surface area contributed by atoms with Gasteiger partial charge in [-0.1, -0.05) is 24.3 Å². The third kappa shape index (κ3) is 6.65. The number of sulfonamides is 1. The van der Waals surface area contributed by atoms with Gasteiger partial charge < -0.3 is 19.8 Å². The lowest BCUT2D eigenvalue weighted by molar-refractivity contribution is 0.173. The molecule has 2 aliphatic heterocycles. The van der Waals surface area contributed by atoms with E-state index in [0.29, 0.717) is 31.8 Å². The zero-order valence-corrected chi connectivity index (χ0v) is 22.1. The Morgan fingerprint density at radius 3 is 2.17 bits per heavy atom. The maximum Gasteiger partial charge on any atom is 0.240 e. The molecule has 9 heteroatoms. The fourth-order valence-electron chi connectivity index (χ4n) is 5.18. The van der Waals surface area contributed by atoms with E-state index < -0.39 is 10.0 Å². The molecule has 2 saturated heterocycles. The number of nitrogens with one attached hydrogen (secondary N) is 1. The van der Waals surface area contributed by atoms with E-state index in [4.69, 9.17) is 4.74 Å². The molecule has 0 bridgehead atoms. The van der Waals surface area contributed by atoms with Crippen molar-refractivity contribution in [2.24, 2.45) is 0 Å². The number of ether oxygens (including phenoxy) is 1. The quantitative estimate of drug-likeness (QED) is 0.393. The number of hydrogen-bond acceptors (Lipinski definition) is 7. The van der Waals surface area contributed by atoms with Crippen LogP contribution in [0.3, 0.4) is 0 Å². The maximum atomic E-state index is 13.1. The molecule has 2 heterocycles. The first-order chi connectivity index (χ1) is 17.2. The fourth-order valence-corrected chi connectivity index (χ4v) is 6.46. The second-order valence-electron chi connectivity index (χ2n) is 9.94. The van der Waals surface area contributed by atoms with Gasteiger partial charge in [-0.3, -0.25) is 4.90 Å². The Morgan fingerprint density at radius 1 is 0.917 bits per heavy atom. The van der Waals surface area contributed by atoms with Crippen LogP contribution < -0.4 is 9.46 Å². The molecule has 0 spiro atoms. The summed E-state index contributed by atoms with van der Waals surface area (Å²) in [5, 5.41) is 19.3. The van der Waals surface area contributed by atoms with Crippen molar-refractivity contribution in [3.05, 3.63) is 47.5 Å². The van der Waals surface area contributed by atoms with Crippen LogP contribution in [-0.2, 0) is 10.0 Å². The number of aliphatic hydroxyl groups excluding tert-OH is 2. The van der Waals surface area contributed by atoms with Gasteiger partial charge in [-0.25, -0.2) is 13.1 Å². The minimum atomic E-state index is -3.67. The molecule has 8 nitrogen and oxygen atoms in total. The summed E-state index contributed by atoms with van der Waals surface area (Å²) < 4.78 is 35.0. The van der Waals surface area contributed by atoms with Crippen molar-refractivity contribution in [2.45, 2.75) is 50.2 Å². The smallest absolute Gasteiger partial charge is 0.240 e. The van der Waals surface area contributed by atoms with Crippen molar-refractivity contribution < 1.29 is 23.4 Å². The van der Waals surface area contributed by atoms with Gasteiger partial charge in [-0.15, -0.1) is 0 Å². The highest BCUT2D eigenvalue weighted by molar-refractivity contribution is 7.89. The molecule has 0 radical (unpaired) electrons. The van der Waals surface area contributed by atoms with E-state index in [0.717, 1.165) is 67.9 Å². The lowest BCUT2D eigenvalue weighted by Gasteiger charge is -2.18. The average Bonchev–Trinajstić information content (AvgIpc) is 3.45. The first-order valence-corrected chi connectivity index (χ1v) is 14.4. The lowest BCUT2D eigenvalue weighted by Crippen LogP contribution is -2.34. The van der Waals surface area contributed by atoms with Gasteiger partial charge in [0.05, 0.1) is 23.7 Å². The number of nitrogens with zero attached hydrogens (tertiary/aromatic N) is 2. The minimum Gasteiger partial charge on any atom is -0.493 e. The summed E-state index contributed by atoms with van der Waals surface area (Å²) in [4.78, 5) is 4.61. The summed E-state index contributed by atoms with van der Waals surface area (Å²) in [6.07, 6.45) is 1.93. The molecule has 0 saturated carbocycles. The predicted molar refractivity (Wildman–Crippen MR) is 141 cm³/mol. The lowest BCUT2D eigenvalue weighted by atomic mass is 9.96. The Labute approximate surface area is 214 Å². The molecule has 4 rings (SSSR count). The molecule has 2 fully saturated rings. The summed E-state index contributed by atoms with van der Waals surface area (Å²) in [5.41, 5.74) is 3.51. The van der Waals surface area contributed by atoms with Crippen LogP contribution in [0.2, 0.25) is 0 Å². The van der Waals surface area contributed by atoms with Crippen molar-refractivity contribution in [1.82, 2.24) is 14.5 Å². The van der Waals surface area contributed by atoms with Gasteiger partial charge in [0.2, 0.25) is 10.0 Å². The maximum absolute atomic E-state index is 13.1. The van der Waals surface area contributed by atoms with Gasteiger partial charge in [0.25, 0.3) is 0 Å². The number of likely N-dealkylation sites (tertiary alicyclic amines) is 2. The van der Waals surface area contributed by atoms with Gasteiger partial charge in [0.15, 0.2) is 0 Å². The number of rotatable bonds is 11. The summed E-state index contributed by atoms with van der Waals surface area (Å²) >= 11 is 0. The van der Waals surface area contributed by atoms with Crippen LogP contribution in [0.25, 0.3) is 11.1 Å². The SMILES string of the molecule is Cc1c(OCCCN2CC[C@@H](O)C2)cccc1-c1cccc(S(=O)(=O)NCCN2CC[C@@H](O)C2)c1C. The first-order valence-electron chi connectivity index (χ1n) is 12.9. The van der Waals surface area contributed by atoms with Crippen molar-refractivity contribution in [3.8, 4) is 16.9 Å². The second kappa shape index (κ2) is 12.0. The highest BCUT2D eigenvalue weighted by Gasteiger charge is 2.23. The van der Waals surface area contributed by atoms with Crippen LogP contribution in [0.5, 0.6) is 5.75 Å².